The van der Waals surface area contributed by atoms with Gasteiger partial charge in [0.25, 0.3) is 11.5 Å². The van der Waals surface area contributed by atoms with Crippen LogP contribution in [-0.2, 0) is 9.53 Å². The number of thiocarbonyl (C=S) groups is 1. The summed E-state index contributed by atoms with van der Waals surface area (Å²) in [5.74, 6) is 0.185. The number of anilines is 1. The topological polar surface area (TPSA) is 75.9 Å². The number of likely N-dealkylation sites (N-methyl/N-ethyl adjacent to an activating group) is 1. The monoisotopic (exact) mass is 376 g/mol. The van der Waals surface area contributed by atoms with Crippen LogP contribution in [0.1, 0.15) is 5.56 Å². The molecule has 0 aliphatic carbocycles. The molecule has 9 heteroatoms. The quantitative estimate of drug-likeness (QED) is 0.482. The Morgan fingerprint density at radius 1 is 1.40 bits per heavy atom. The number of thioether (sulfide) groups is 1. The first-order chi connectivity index (χ1) is 12.0. The molecule has 3 rings (SSSR count). The van der Waals surface area contributed by atoms with Crippen molar-refractivity contribution >= 4 is 51.7 Å². The number of fused-ring (bicyclic) bond motifs is 1. The standard InChI is InChI=1S/C16H16N4O3S2/c1-19-15(22)11(25-16(19)24)9-10-13(17-6-8-23-2)18-12-5-3-4-7-20(12)14(10)21/h3-5,7,9,17H,6,8H2,1-2H3. The van der Waals surface area contributed by atoms with Gasteiger partial charge >= 0.3 is 0 Å². The summed E-state index contributed by atoms with van der Waals surface area (Å²) in [4.78, 5) is 31.4. The fraction of sp³-hybridized carbons (Fsp3) is 0.250. The number of amides is 1. The smallest absolute Gasteiger partial charge is 0.267 e. The Labute approximate surface area is 153 Å². The second-order valence-corrected chi connectivity index (χ2v) is 6.94. The molecule has 7 nitrogen and oxygen atoms in total. The molecule has 1 fully saturated rings. The Hall–Kier alpha value is -2.23. The van der Waals surface area contributed by atoms with Gasteiger partial charge in [-0.15, -0.1) is 0 Å². The van der Waals surface area contributed by atoms with Crippen molar-refractivity contribution in [1.82, 2.24) is 14.3 Å². The number of nitrogens with zero attached hydrogens (tertiary/aromatic N) is 3. The lowest BCUT2D eigenvalue weighted by Gasteiger charge is -2.10. The fourth-order valence-corrected chi connectivity index (χ4v) is 3.48. The Morgan fingerprint density at radius 3 is 2.88 bits per heavy atom. The molecule has 0 aromatic carbocycles. The Morgan fingerprint density at radius 2 is 2.20 bits per heavy atom. The highest BCUT2D eigenvalue weighted by atomic mass is 32.2. The summed E-state index contributed by atoms with van der Waals surface area (Å²) in [6.45, 7) is 0.952. The molecule has 130 valence electrons. The van der Waals surface area contributed by atoms with E-state index in [4.69, 9.17) is 17.0 Å². The average Bonchev–Trinajstić information content (AvgIpc) is 2.85. The molecule has 0 unspecified atom stereocenters. The number of pyridine rings is 1. The number of hydrogen-bond donors (Lipinski definition) is 1. The number of methoxy groups -OCH3 is 1. The number of hydrogen-bond acceptors (Lipinski definition) is 7. The summed E-state index contributed by atoms with van der Waals surface area (Å²) < 4.78 is 6.93. The predicted molar refractivity (Wildman–Crippen MR) is 103 cm³/mol. The van der Waals surface area contributed by atoms with Crippen molar-refractivity contribution in [3.8, 4) is 0 Å². The number of carbonyl (C=O) groups is 1. The Bertz CT molecular complexity index is 939. The van der Waals surface area contributed by atoms with Crippen LogP contribution in [0, 0.1) is 0 Å². The molecule has 3 heterocycles. The normalized spacial score (nSPS) is 16.2. The third-order valence-corrected chi connectivity index (χ3v) is 5.11. The molecule has 1 N–H and O–H groups in total. The van der Waals surface area contributed by atoms with E-state index in [0.717, 1.165) is 0 Å². The lowest BCUT2D eigenvalue weighted by molar-refractivity contribution is -0.121. The van der Waals surface area contributed by atoms with Crippen LogP contribution in [-0.4, -0.2) is 51.8 Å². The van der Waals surface area contributed by atoms with E-state index in [1.807, 2.05) is 6.07 Å². The third-order valence-electron chi connectivity index (χ3n) is 3.63. The zero-order valence-corrected chi connectivity index (χ0v) is 15.3. The summed E-state index contributed by atoms with van der Waals surface area (Å²) in [6, 6.07) is 5.31. The summed E-state index contributed by atoms with van der Waals surface area (Å²) in [5, 5.41) is 3.10. The van der Waals surface area contributed by atoms with E-state index in [1.165, 1.54) is 21.1 Å². The zero-order valence-electron chi connectivity index (χ0n) is 13.7. The van der Waals surface area contributed by atoms with Crippen molar-refractivity contribution in [3.05, 3.63) is 45.2 Å². The van der Waals surface area contributed by atoms with Crippen molar-refractivity contribution < 1.29 is 9.53 Å². The number of nitrogens with one attached hydrogen (secondary N) is 1. The van der Waals surface area contributed by atoms with Gasteiger partial charge in [0, 0.05) is 26.9 Å². The van der Waals surface area contributed by atoms with Gasteiger partial charge in [0.2, 0.25) is 0 Å². The molecular weight excluding hydrogens is 360 g/mol. The van der Waals surface area contributed by atoms with Crippen LogP contribution in [0.25, 0.3) is 11.7 Å². The minimum Gasteiger partial charge on any atom is -0.383 e. The number of aromatic nitrogens is 2. The van der Waals surface area contributed by atoms with Crippen LogP contribution in [0.5, 0.6) is 0 Å². The van der Waals surface area contributed by atoms with Crippen molar-refractivity contribution in [2.45, 2.75) is 0 Å². The van der Waals surface area contributed by atoms with Gasteiger partial charge in [-0.2, -0.15) is 0 Å². The van der Waals surface area contributed by atoms with E-state index in [1.54, 1.807) is 38.6 Å². The van der Waals surface area contributed by atoms with Crippen LogP contribution in [0.4, 0.5) is 5.82 Å². The highest BCUT2D eigenvalue weighted by Crippen LogP contribution is 2.31. The van der Waals surface area contributed by atoms with E-state index < -0.39 is 0 Å². The van der Waals surface area contributed by atoms with E-state index >= 15 is 0 Å². The molecule has 0 saturated carbocycles. The van der Waals surface area contributed by atoms with E-state index in [2.05, 4.69) is 10.3 Å². The van der Waals surface area contributed by atoms with Gasteiger partial charge in [-0.25, -0.2) is 4.98 Å². The van der Waals surface area contributed by atoms with Crippen LogP contribution < -0.4 is 10.9 Å². The van der Waals surface area contributed by atoms with Gasteiger partial charge in [-0.3, -0.25) is 18.9 Å². The summed E-state index contributed by atoms with van der Waals surface area (Å²) in [7, 11) is 3.21. The first-order valence-electron chi connectivity index (χ1n) is 7.48. The first kappa shape index (κ1) is 17.6. The van der Waals surface area contributed by atoms with Crippen molar-refractivity contribution in [1.29, 1.82) is 0 Å². The molecule has 2 aromatic heterocycles. The van der Waals surface area contributed by atoms with Crippen molar-refractivity contribution in [2.24, 2.45) is 0 Å². The molecule has 1 aliphatic rings. The van der Waals surface area contributed by atoms with Gasteiger partial charge in [0.1, 0.15) is 15.8 Å². The summed E-state index contributed by atoms with van der Waals surface area (Å²) in [5.41, 5.74) is 0.577. The van der Waals surface area contributed by atoms with E-state index in [-0.39, 0.29) is 11.5 Å². The predicted octanol–water partition coefficient (Wildman–Crippen LogP) is 1.58. The average molecular weight is 376 g/mol. The minimum absolute atomic E-state index is 0.226. The maximum absolute atomic E-state index is 12.9. The van der Waals surface area contributed by atoms with Gasteiger partial charge in [0.05, 0.1) is 17.1 Å². The van der Waals surface area contributed by atoms with Gasteiger partial charge < -0.3 is 10.1 Å². The van der Waals surface area contributed by atoms with Gasteiger partial charge in [0.15, 0.2) is 0 Å². The molecule has 0 bridgehead atoms. The molecule has 1 saturated heterocycles. The molecule has 0 radical (unpaired) electrons. The van der Waals surface area contributed by atoms with Crippen LogP contribution in [0.2, 0.25) is 0 Å². The number of carbonyl (C=O) groups excluding carboxylic acids is 1. The van der Waals surface area contributed by atoms with Gasteiger partial charge in [-0.05, 0) is 18.2 Å². The number of ether oxygens (including phenoxy) is 1. The first-order valence-corrected chi connectivity index (χ1v) is 8.71. The SMILES string of the molecule is COCCNc1nc2ccccn2c(=O)c1C=C1SC(=S)N(C)C1=O. The summed E-state index contributed by atoms with van der Waals surface area (Å²) in [6.07, 6.45) is 3.19. The zero-order chi connectivity index (χ0) is 18.0. The summed E-state index contributed by atoms with van der Waals surface area (Å²) >= 11 is 6.30. The van der Waals surface area contributed by atoms with Gasteiger partial charge in [-0.1, -0.05) is 30.0 Å². The molecule has 0 atom stereocenters. The Kier molecular flexibility index (Phi) is 5.16. The number of rotatable bonds is 5. The molecule has 1 aliphatic heterocycles. The molecule has 0 spiro atoms. The lowest BCUT2D eigenvalue weighted by Crippen LogP contribution is -2.23. The van der Waals surface area contributed by atoms with E-state index in [0.29, 0.717) is 39.4 Å². The van der Waals surface area contributed by atoms with Crippen LogP contribution in [0.15, 0.2) is 34.1 Å². The second-order valence-electron chi connectivity index (χ2n) is 5.27. The van der Waals surface area contributed by atoms with E-state index in [9.17, 15) is 9.59 Å². The lowest BCUT2D eigenvalue weighted by atomic mass is 10.2. The maximum Gasteiger partial charge on any atom is 0.267 e. The molecule has 2 aromatic rings. The fourth-order valence-electron chi connectivity index (χ4n) is 2.32. The minimum atomic E-state index is -0.258. The molecule has 25 heavy (non-hydrogen) atoms. The molecule has 1 amide bonds. The molecular formula is C16H16N4O3S2. The largest absolute Gasteiger partial charge is 0.383 e. The van der Waals surface area contributed by atoms with Crippen molar-refractivity contribution in [2.75, 3.05) is 32.6 Å². The van der Waals surface area contributed by atoms with Crippen molar-refractivity contribution in [3.63, 3.8) is 0 Å². The Balaban J connectivity index is 2.13. The third kappa shape index (κ3) is 3.44. The highest BCUT2D eigenvalue weighted by molar-refractivity contribution is 8.26. The van der Waals surface area contributed by atoms with Crippen LogP contribution in [0.3, 0.4) is 0 Å². The van der Waals surface area contributed by atoms with Crippen LogP contribution >= 0.6 is 24.0 Å². The second kappa shape index (κ2) is 7.34. The highest BCUT2D eigenvalue weighted by Gasteiger charge is 2.29. The maximum atomic E-state index is 12.9.